The molecule has 0 fully saturated rings. The van der Waals surface area contributed by atoms with Crippen molar-refractivity contribution in [3.05, 3.63) is 224 Å². The van der Waals surface area contributed by atoms with Crippen molar-refractivity contribution < 1.29 is 11.0 Å². The van der Waals surface area contributed by atoms with Crippen LogP contribution in [0.5, 0.6) is 0 Å². The van der Waals surface area contributed by atoms with Crippen molar-refractivity contribution in [2.24, 2.45) is 0 Å². The molecule has 9 aromatic carbocycles. The molecule has 53 heavy (non-hydrogen) atoms. The SMILES string of the molecule is [2H]c1c([2H])c(-c2cccc3ccccc23)c([2H])c(N(c2ccc(-c3ccccc3)cc2)c2c([2H])c([2H])c(-c3cc(-c4ccccc4)cc(-c4ccccc4)c3)c([2H])c2[2H])c1[2H]. The molecule has 0 atom stereocenters. The zero-order valence-electron chi connectivity index (χ0n) is 36.7. The molecule has 0 heterocycles. The van der Waals surface area contributed by atoms with Crippen LogP contribution in [0.3, 0.4) is 0 Å². The standard InChI is InChI=1S/C52H37N/c1-4-14-38(15-5-1)41-26-30-48(31-27-41)53(50-23-12-22-44(37-50)52-25-13-21-43-20-10-11-24-51(43)52)49-32-28-42(29-33-49)47-35-45(39-16-6-2-7-17-39)34-46(36-47)40-18-8-3-9-19-40/h1-37H/i12D,22D,23D,28D,29D,32D,33D,37D. The summed E-state index contributed by atoms with van der Waals surface area (Å²) in [6.07, 6.45) is 0. The van der Waals surface area contributed by atoms with Crippen LogP contribution < -0.4 is 4.90 Å². The highest BCUT2D eigenvalue weighted by Gasteiger charge is 2.16. The van der Waals surface area contributed by atoms with Crippen LogP contribution in [0.25, 0.3) is 66.4 Å². The number of hydrogen-bond donors (Lipinski definition) is 0. The van der Waals surface area contributed by atoms with E-state index in [4.69, 9.17) is 2.74 Å². The molecule has 9 aromatic rings. The molecule has 0 aliphatic rings. The van der Waals surface area contributed by atoms with E-state index in [9.17, 15) is 8.22 Å². The molecule has 0 aromatic heterocycles. The van der Waals surface area contributed by atoms with Crippen molar-refractivity contribution in [1.29, 1.82) is 0 Å². The van der Waals surface area contributed by atoms with Gasteiger partial charge in [0, 0.05) is 17.1 Å². The van der Waals surface area contributed by atoms with Gasteiger partial charge < -0.3 is 4.90 Å². The molecule has 0 unspecified atom stereocenters. The fourth-order valence-corrected chi connectivity index (χ4v) is 6.76. The van der Waals surface area contributed by atoms with E-state index in [1.807, 2.05) is 158 Å². The average Bonchev–Trinajstić information content (AvgIpc) is 3.31. The summed E-state index contributed by atoms with van der Waals surface area (Å²) in [5, 5.41) is 1.63. The second-order valence-electron chi connectivity index (χ2n) is 12.8. The summed E-state index contributed by atoms with van der Waals surface area (Å²) in [7, 11) is 0. The van der Waals surface area contributed by atoms with Gasteiger partial charge in [0.1, 0.15) is 0 Å². The molecule has 1 nitrogen and oxygen atoms in total. The summed E-state index contributed by atoms with van der Waals surface area (Å²) in [5.41, 5.74) is 6.66. The van der Waals surface area contributed by atoms with Crippen molar-refractivity contribution >= 4 is 27.8 Å². The van der Waals surface area contributed by atoms with Gasteiger partial charge in [-0.15, -0.1) is 0 Å². The van der Waals surface area contributed by atoms with Crippen LogP contribution in [-0.2, 0) is 0 Å². The predicted molar refractivity (Wildman–Crippen MR) is 226 cm³/mol. The monoisotopic (exact) mass is 683 g/mol. The van der Waals surface area contributed by atoms with Crippen molar-refractivity contribution in [2.45, 2.75) is 0 Å². The first-order chi connectivity index (χ1) is 29.6. The van der Waals surface area contributed by atoms with E-state index in [0.29, 0.717) is 16.8 Å². The van der Waals surface area contributed by atoms with Crippen molar-refractivity contribution in [1.82, 2.24) is 0 Å². The molecular weight excluding hydrogens is 639 g/mol. The number of fused-ring (bicyclic) bond motifs is 1. The number of hydrogen-bond acceptors (Lipinski definition) is 1. The van der Waals surface area contributed by atoms with E-state index in [-0.39, 0.29) is 58.8 Å². The second-order valence-corrected chi connectivity index (χ2v) is 12.8. The first-order valence-corrected chi connectivity index (χ1v) is 17.5. The third-order valence-electron chi connectivity index (χ3n) is 9.40. The number of anilines is 3. The van der Waals surface area contributed by atoms with Crippen LogP contribution in [-0.4, -0.2) is 0 Å². The minimum absolute atomic E-state index is 0.101. The van der Waals surface area contributed by atoms with E-state index < -0.39 is 12.1 Å². The van der Waals surface area contributed by atoms with Crippen LogP contribution in [0.4, 0.5) is 17.1 Å². The number of nitrogens with zero attached hydrogens (tertiary/aromatic N) is 1. The largest absolute Gasteiger partial charge is 0.310 e. The van der Waals surface area contributed by atoms with E-state index in [1.54, 1.807) is 18.2 Å². The fourth-order valence-electron chi connectivity index (χ4n) is 6.76. The van der Waals surface area contributed by atoms with E-state index in [0.717, 1.165) is 44.2 Å². The Morgan fingerprint density at radius 2 is 0.830 bits per heavy atom. The van der Waals surface area contributed by atoms with Gasteiger partial charge in [0.15, 0.2) is 0 Å². The lowest BCUT2D eigenvalue weighted by Crippen LogP contribution is -2.10. The maximum Gasteiger partial charge on any atom is 0.0651 e. The summed E-state index contributed by atoms with van der Waals surface area (Å²) in [4.78, 5) is 1.39. The van der Waals surface area contributed by atoms with Crippen molar-refractivity contribution in [3.63, 3.8) is 0 Å². The normalized spacial score (nSPS) is 13.1. The van der Waals surface area contributed by atoms with E-state index >= 15 is 0 Å². The van der Waals surface area contributed by atoms with Gasteiger partial charge in [-0.3, -0.25) is 0 Å². The molecule has 0 spiro atoms. The molecule has 0 N–H and O–H groups in total. The Morgan fingerprint density at radius 1 is 0.321 bits per heavy atom. The van der Waals surface area contributed by atoms with Crippen molar-refractivity contribution in [3.8, 4) is 55.6 Å². The second kappa shape index (κ2) is 14.3. The molecular formula is C52H37N. The molecule has 0 saturated carbocycles. The summed E-state index contributed by atoms with van der Waals surface area (Å²) < 4.78 is 76.0. The molecule has 9 rings (SSSR count). The fraction of sp³-hybridized carbons (Fsp3) is 0. The quantitative estimate of drug-likeness (QED) is 0.154. The molecule has 250 valence electrons. The van der Waals surface area contributed by atoms with Gasteiger partial charge in [0.25, 0.3) is 0 Å². The highest BCUT2D eigenvalue weighted by molar-refractivity contribution is 5.97. The molecule has 0 aliphatic heterocycles. The lowest BCUT2D eigenvalue weighted by molar-refractivity contribution is 1.28. The van der Waals surface area contributed by atoms with Gasteiger partial charge in [-0.2, -0.15) is 0 Å². The average molecular weight is 684 g/mol. The molecule has 0 aliphatic carbocycles. The lowest BCUT2D eigenvalue weighted by Gasteiger charge is -2.26. The van der Waals surface area contributed by atoms with Gasteiger partial charge in [-0.25, -0.2) is 0 Å². The van der Waals surface area contributed by atoms with Crippen molar-refractivity contribution in [2.75, 3.05) is 4.90 Å². The molecule has 0 saturated heterocycles. The van der Waals surface area contributed by atoms with Gasteiger partial charge in [-0.05, 0) is 121 Å². The highest BCUT2D eigenvalue weighted by atomic mass is 15.1. The van der Waals surface area contributed by atoms with Crippen LogP contribution in [0.15, 0.2) is 224 Å². The van der Waals surface area contributed by atoms with Gasteiger partial charge in [0.2, 0.25) is 0 Å². The molecule has 0 amide bonds. The number of rotatable bonds is 8. The molecule has 1 heteroatoms. The molecule has 0 radical (unpaired) electrons. The van der Waals surface area contributed by atoms with Crippen LogP contribution in [0, 0.1) is 0 Å². The Kier molecular flexibility index (Phi) is 6.57. The summed E-state index contributed by atoms with van der Waals surface area (Å²) in [5.74, 6) is 0. The summed E-state index contributed by atoms with van der Waals surface area (Å²) >= 11 is 0. The predicted octanol–water partition coefficient (Wildman–Crippen LogP) is 14.6. The zero-order chi connectivity index (χ0) is 42.4. The third kappa shape index (κ3) is 6.65. The maximum absolute atomic E-state index is 9.80. The highest BCUT2D eigenvalue weighted by Crippen LogP contribution is 2.40. The Morgan fingerprint density at radius 3 is 1.45 bits per heavy atom. The third-order valence-corrected chi connectivity index (χ3v) is 9.40. The Labute approximate surface area is 323 Å². The Bertz CT molecular complexity index is 3010. The lowest BCUT2D eigenvalue weighted by atomic mass is 9.93. The molecule has 0 bridgehead atoms. The van der Waals surface area contributed by atoms with Gasteiger partial charge in [-0.1, -0.05) is 170 Å². The summed E-state index contributed by atoms with van der Waals surface area (Å²) in [6.45, 7) is 0. The van der Waals surface area contributed by atoms with E-state index in [1.165, 1.54) is 4.90 Å². The van der Waals surface area contributed by atoms with Crippen LogP contribution in [0.2, 0.25) is 0 Å². The minimum atomic E-state index is -0.449. The topological polar surface area (TPSA) is 3.24 Å². The maximum atomic E-state index is 9.80. The zero-order valence-corrected chi connectivity index (χ0v) is 28.7. The first-order valence-electron chi connectivity index (χ1n) is 21.5. The summed E-state index contributed by atoms with van der Waals surface area (Å²) in [6, 6.07) is 52.7. The minimum Gasteiger partial charge on any atom is -0.310 e. The number of benzene rings is 9. The Balaban J connectivity index is 1.31. The van der Waals surface area contributed by atoms with Gasteiger partial charge >= 0.3 is 0 Å². The smallest absolute Gasteiger partial charge is 0.0651 e. The van der Waals surface area contributed by atoms with E-state index in [2.05, 4.69) is 0 Å². The van der Waals surface area contributed by atoms with Crippen LogP contribution >= 0.6 is 0 Å². The first kappa shape index (κ1) is 24.3. The van der Waals surface area contributed by atoms with Gasteiger partial charge in [0.05, 0.1) is 11.0 Å². The Hall–Kier alpha value is -6.96. The van der Waals surface area contributed by atoms with Crippen LogP contribution in [0.1, 0.15) is 11.0 Å².